The molecule has 0 radical (unpaired) electrons. The van der Waals surface area contributed by atoms with Gasteiger partial charge in [-0.05, 0) is 56.4 Å². The molecule has 34 heavy (non-hydrogen) atoms. The fraction of sp³-hybridized carbons (Fsp3) is 0.462. The van der Waals surface area contributed by atoms with Crippen molar-refractivity contribution < 1.29 is 14.5 Å². The number of anilines is 2. The Balaban J connectivity index is 1.66. The van der Waals surface area contributed by atoms with E-state index >= 15 is 0 Å². The Kier molecular flexibility index (Phi) is 6.32. The molecule has 2 amide bonds. The molecule has 8 heteroatoms. The Hall–Kier alpha value is -3.26. The Morgan fingerprint density at radius 3 is 2.38 bits per heavy atom. The third kappa shape index (κ3) is 4.30. The van der Waals surface area contributed by atoms with E-state index in [-0.39, 0.29) is 17.8 Å². The highest BCUT2D eigenvalue weighted by Crippen LogP contribution is 2.39. The van der Waals surface area contributed by atoms with Crippen molar-refractivity contribution in [3.05, 3.63) is 63.7 Å². The van der Waals surface area contributed by atoms with Gasteiger partial charge in [0, 0.05) is 36.8 Å². The lowest BCUT2D eigenvalue weighted by molar-refractivity contribution is -0.384. The number of rotatable bonds is 4. The van der Waals surface area contributed by atoms with Crippen LogP contribution in [0.15, 0.2) is 47.6 Å². The predicted molar refractivity (Wildman–Crippen MR) is 131 cm³/mol. The van der Waals surface area contributed by atoms with Crippen molar-refractivity contribution in [2.45, 2.75) is 57.9 Å². The monoisotopic (exact) mass is 462 g/mol. The minimum absolute atomic E-state index is 0.00378. The molecule has 5 rings (SSSR count). The van der Waals surface area contributed by atoms with Crippen LogP contribution >= 0.6 is 0 Å². The number of hydrogen-bond acceptors (Lipinski definition) is 5. The lowest BCUT2D eigenvalue weighted by atomic mass is 9.82. The third-order valence-electron chi connectivity index (χ3n) is 7.12. The van der Waals surface area contributed by atoms with Crippen molar-refractivity contribution >= 4 is 28.8 Å². The second-order valence-corrected chi connectivity index (χ2v) is 9.42. The van der Waals surface area contributed by atoms with Gasteiger partial charge in [0.1, 0.15) is 0 Å². The zero-order chi connectivity index (χ0) is 23.7. The third-order valence-corrected chi connectivity index (χ3v) is 7.12. The molecule has 0 N–H and O–H groups in total. The van der Waals surface area contributed by atoms with Crippen LogP contribution in [-0.2, 0) is 4.74 Å². The molecule has 0 atom stereocenters. The van der Waals surface area contributed by atoms with Crippen LogP contribution in [0.25, 0.3) is 0 Å². The first-order valence-electron chi connectivity index (χ1n) is 12.2. The predicted octanol–water partition coefficient (Wildman–Crippen LogP) is 5.94. The molecule has 2 heterocycles. The average molecular weight is 463 g/mol. The summed E-state index contributed by atoms with van der Waals surface area (Å²) in [4.78, 5) is 26.6. The molecule has 0 spiro atoms. The van der Waals surface area contributed by atoms with E-state index in [9.17, 15) is 14.9 Å². The summed E-state index contributed by atoms with van der Waals surface area (Å²) in [6.45, 7) is 3.22. The fourth-order valence-corrected chi connectivity index (χ4v) is 5.28. The van der Waals surface area contributed by atoms with Crippen LogP contribution in [0.5, 0.6) is 0 Å². The molecule has 0 aromatic heterocycles. The van der Waals surface area contributed by atoms with Crippen LogP contribution in [0.2, 0.25) is 0 Å². The van der Waals surface area contributed by atoms with E-state index in [0.29, 0.717) is 24.8 Å². The lowest BCUT2D eigenvalue weighted by Gasteiger charge is -2.33. The van der Waals surface area contributed by atoms with Crippen LogP contribution in [0.3, 0.4) is 0 Å². The van der Waals surface area contributed by atoms with Gasteiger partial charge in [-0.15, -0.1) is 0 Å². The van der Waals surface area contributed by atoms with E-state index in [0.717, 1.165) is 48.2 Å². The number of benzene rings is 2. The average Bonchev–Trinajstić information content (AvgIpc) is 2.99. The van der Waals surface area contributed by atoms with Crippen LogP contribution in [0.4, 0.5) is 21.9 Å². The number of nitrogens with zero attached hydrogens (tertiary/aromatic N) is 4. The van der Waals surface area contributed by atoms with Gasteiger partial charge in [0.2, 0.25) is 0 Å². The van der Waals surface area contributed by atoms with E-state index < -0.39 is 4.92 Å². The SMILES string of the molecule is Cc1ccc2c(c1)N(c1ccc([N+](=O)[O-])cc1)C(=O)N(C1CCOCC1)N=C2C1CCCCC1. The van der Waals surface area contributed by atoms with E-state index in [1.54, 1.807) is 22.0 Å². The van der Waals surface area contributed by atoms with Gasteiger partial charge in [0.05, 0.1) is 28.1 Å². The number of urea groups is 1. The first-order chi connectivity index (χ1) is 16.5. The van der Waals surface area contributed by atoms with Crippen LogP contribution in [0, 0.1) is 23.0 Å². The quantitative estimate of drug-likeness (QED) is 0.415. The molecule has 1 saturated carbocycles. The molecular weight excluding hydrogens is 432 g/mol. The summed E-state index contributed by atoms with van der Waals surface area (Å²) in [6, 6.07) is 12.1. The van der Waals surface area contributed by atoms with Crippen molar-refractivity contribution in [1.29, 1.82) is 0 Å². The normalized spacial score (nSPS) is 20.0. The Morgan fingerprint density at radius 2 is 1.71 bits per heavy atom. The molecule has 2 aliphatic heterocycles. The van der Waals surface area contributed by atoms with Gasteiger partial charge in [-0.3, -0.25) is 15.0 Å². The number of carbonyl (C=O) groups excluding carboxylic acids is 1. The van der Waals surface area contributed by atoms with Crippen molar-refractivity contribution in [2.24, 2.45) is 11.0 Å². The number of fused-ring (bicyclic) bond motifs is 1. The topological polar surface area (TPSA) is 88.3 Å². The summed E-state index contributed by atoms with van der Waals surface area (Å²) < 4.78 is 5.56. The minimum atomic E-state index is -0.426. The minimum Gasteiger partial charge on any atom is -0.381 e. The Labute approximate surface area is 199 Å². The van der Waals surface area contributed by atoms with Crippen molar-refractivity contribution in [1.82, 2.24) is 5.01 Å². The molecule has 3 aliphatic rings. The number of hydrazone groups is 1. The second kappa shape index (κ2) is 9.54. The number of amides is 2. The highest BCUT2D eigenvalue weighted by Gasteiger charge is 2.37. The summed E-state index contributed by atoms with van der Waals surface area (Å²) in [5.41, 5.74) is 4.38. The van der Waals surface area contributed by atoms with Crippen molar-refractivity contribution in [3.63, 3.8) is 0 Å². The summed E-state index contributed by atoms with van der Waals surface area (Å²) in [5, 5.41) is 18.0. The summed E-state index contributed by atoms with van der Waals surface area (Å²) in [6.07, 6.45) is 7.18. The van der Waals surface area contributed by atoms with Gasteiger partial charge in [0.15, 0.2) is 0 Å². The maximum atomic E-state index is 14.1. The van der Waals surface area contributed by atoms with Crippen LogP contribution < -0.4 is 4.90 Å². The smallest absolute Gasteiger partial charge is 0.349 e. The lowest BCUT2D eigenvalue weighted by Crippen LogP contribution is -2.45. The second-order valence-electron chi connectivity index (χ2n) is 9.42. The van der Waals surface area contributed by atoms with Crippen molar-refractivity contribution in [2.75, 3.05) is 18.1 Å². The van der Waals surface area contributed by atoms with Gasteiger partial charge in [0.25, 0.3) is 5.69 Å². The van der Waals surface area contributed by atoms with Crippen molar-refractivity contribution in [3.8, 4) is 0 Å². The number of hydrogen-bond donors (Lipinski definition) is 0. The molecule has 0 bridgehead atoms. The summed E-state index contributed by atoms with van der Waals surface area (Å²) >= 11 is 0. The number of ether oxygens (including phenoxy) is 1. The van der Waals surface area contributed by atoms with Gasteiger partial charge < -0.3 is 4.74 Å². The fourth-order valence-electron chi connectivity index (χ4n) is 5.28. The van der Waals surface area contributed by atoms with Gasteiger partial charge in [-0.1, -0.05) is 31.4 Å². The standard InChI is InChI=1S/C26H30N4O4/c1-18-7-12-23-24(17-18)28(20-8-10-22(11-9-20)30(32)33)26(31)29(21-13-15-34-16-14-21)27-25(23)19-5-3-2-4-6-19/h7-12,17,19,21H,2-6,13-16H2,1H3. The first-order valence-corrected chi connectivity index (χ1v) is 12.2. The highest BCUT2D eigenvalue weighted by atomic mass is 16.6. The largest absolute Gasteiger partial charge is 0.381 e. The molecule has 178 valence electrons. The Bertz CT molecular complexity index is 1100. The number of aryl methyl sites for hydroxylation is 1. The molecule has 8 nitrogen and oxygen atoms in total. The van der Waals surface area contributed by atoms with E-state index in [1.165, 1.54) is 31.4 Å². The summed E-state index contributed by atoms with van der Waals surface area (Å²) in [7, 11) is 0. The maximum absolute atomic E-state index is 14.1. The number of non-ortho nitro benzene ring substituents is 1. The molecule has 2 aromatic carbocycles. The van der Waals surface area contributed by atoms with Gasteiger partial charge in [-0.2, -0.15) is 5.10 Å². The zero-order valence-corrected chi connectivity index (χ0v) is 19.5. The van der Waals surface area contributed by atoms with E-state index in [4.69, 9.17) is 9.84 Å². The van der Waals surface area contributed by atoms with Crippen LogP contribution in [-0.4, -0.2) is 40.9 Å². The molecule has 1 aliphatic carbocycles. The number of nitro benzene ring substituents is 1. The molecule has 2 aromatic rings. The zero-order valence-electron chi connectivity index (χ0n) is 19.5. The number of nitro groups is 1. The highest BCUT2D eigenvalue weighted by molar-refractivity contribution is 6.14. The molecule has 1 saturated heterocycles. The molecule has 0 unspecified atom stereocenters. The van der Waals surface area contributed by atoms with Gasteiger partial charge >= 0.3 is 6.03 Å². The van der Waals surface area contributed by atoms with Crippen LogP contribution in [0.1, 0.15) is 56.1 Å². The molecular formula is C26H30N4O4. The Morgan fingerprint density at radius 1 is 1.00 bits per heavy atom. The van der Waals surface area contributed by atoms with E-state index in [1.807, 2.05) is 13.0 Å². The van der Waals surface area contributed by atoms with E-state index in [2.05, 4.69) is 12.1 Å². The van der Waals surface area contributed by atoms with Gasteiger partial charge in [-0.25, -0.2) is 9.80 Å². The summed E-state index contributed by atoms with van der Waals surface area (Å²) in [5.74, 6) is 0.308. The number of carbonyl (C=O) groups is 1. The first kappa shape index (κ1) is 22.5. The maximum Gasteiger partial charge on any atom is 0.349 e. The molecule has 2 fully saturated rings.